The van der Waals surface area contributed by atoms with Crippen LogP contribution < -0.4 is 5.32 Å². The van der Waals surface area contributed by atoms with Gasteiger partial charge in [-0.2, -0.15) is 0 Å². The minimum absolute atomic E-state index is 0.567. The summed E-state index contributed by atoms with van der Waals surface area (Å²) in [6.07, 6.45) is 3.72. The van der Waals surface area contributed by atoms with E-state index in [4.69, 9.17) is 23.2 Å². The number of aliphatic hydroxyl groups excluding tert-OH is 1. The smallest absolute Gasteiger partial charge is 0.0929 e. The number of hydrogen-bond donors (Lipinski definition) is 2. The molecule has 0 spiro atoms. The fourth-order valence-corrected chi connectivity index (χ4v) is 5.15. The Morgan fingerprint density at radius 3 is 2.60 bits per heavy atom. The topological polar surface area (TPSA) is 32.3 Å². The van der Waals surface area contributed by atoms with Crippen LogP contribution >= 0.6 is 23.2 Å². The van der Waals surface area contributed by atoms with E-state index in [1.807, 2.05) is 0 Å². The van der Waals surface area contributed by atoms with E-state index >= 15 is 0 Å². The molecule has 0 radical (unpaired) electrons. The average Bonchev–Trinajstić information content (AvgIpc) is 2.82. The first-order valence-electron chi connectivity index (χ1n) is 7.51. The number of nitrogens with one attached hydrogen (secondary N) is 1. The molecule has 0 amide bonds. The van der Waals surface area contributed by atoms with Crippen molar-refractivity contribution in [1.29, 1.82) is 0 Å². The van der Waals surface area contributed by atoms with Gasteiger partial charge in [-0.1, -0.05) is 23.2 Å². The standard InChI is InChI=1S/C16H19Cl2NO/c17-10-3-4-12(18)11(6-10)13(20)7-19-16-14-8-1-2-9(5-8)15(14)16/h3-4,6,8-9,13-16,19-20H,1-2,5,7H2. The zero-order valence-corrected chi connectivity index (χ0v) is 12.7. The Morgan fingerprint density at radius 2 is 1.90 bits per heavy atom. The molecule has 2 nitrogen and oxygen atoms in total. The maximum atomic E-state index is 10.3. The fraction of sp³-hybridized carbons (Fsp3) is 0.625. The van der Waals surface area contributed by atoms with Crippen molar-refractivity contribution in [3.8, 4) is 0 Å². The summed E-state index contributed by atoms with van der Waals surface area (Å²) >= 11 is 12.1. The molecule has 0 aromatic heterocycles. The third-order valence-electron chi connectivity index (χ3n) is 5.60. The van der Waals surface area contributed by atoms with Crippen molar-refractivity contribution in [2.24, 2.45) is 23.7 Å². The van der Waals surface area contributed by atoms with Gasteiger partial charge in [-0.3, -0.25) is 0 Å². The average molecular weight is 312 g/mol. The largest absolute Gasteiger partial charge is 0.387 e. The van der Waals surface area contributed by atoms with Crippen molar-refractivity contribution in [1.82, 2.24) is 5.32 Å². The second-order valence-corrected chi connectivity index (χ2v) is 7.45. The molecule has 4 heteroatoms. The number of halogens is 2. The van der Waals surface area contributed by atoms with E-state index in [9.17, 15) is 5.11 Å². The minimum atomic E-state index is -0.583. The highest BCUT2D eigenvalue weighted by molar-refractivity contribution is 6.33. The molecule has 3 fully saturated rings. The molecule has 5 atom stereocenters. The second-order valence-electron chi connectivity index (χ2n) is 6.60. The molecule has 1 aromatic rings. The molecular weight excluding hydrogens is 293 g/mol. The maximum absolute atomic E-state index is 10.3. The molecule has 0 aliphatic heterocycles. The Kier molecular flexibility index (Phi) is 3.26. The zero-order valence-electron chi connectivity index (χ0n) is 11.2. The van der Waals surface area contributed by atoms with E-state index in [1.165, 1.54) is 19.3 Å². The van der Waals surface area contributed by atoms with Crippen LogP contribution in [0.15, 0.2) is 18.2 Å². The summed E-state index contributed by atoms with van der Waals surface area (Å²) in [6, 6.07) is 5.88. The molecule has 3 aliphatic carbocycles. The molecule has 2 bridgehead atoms. The molecule has 20 heavy (non-hydrogen) atoms. The second kappa shape index (κ2) is 4.88. The lowest BCUT2D eigenvalue weighted by Crippen LogP contribution is -2.28. The third-order valence-corrected chi connectivity index (χ3v) is 6.18. The van der Waals surface area contributed by atoms with Gasteiger partial charge in [0.2, 0.25) is 0 Å². The predicted molar refractivity (Wildman–Crippen MR) is 81.0 cm³/mol. The normalized spacial score (nSPS) is 38.9. The molecule has 0 heterocycles. The van der Waals surface area contributed by atoms with Gasteiger partial charge < -0.3 is 10.4 Å². The van der Waals surface area contributed by atoms with Gasteiger partial charge in [0, 0.05) is 28.2 Å². The van der Waals surface area contributed by atoms with Crippen LogP contribution in [0.5, 0.6) is 0 Å². The molecule has 2 N–H and O–H groups in total. The Morgan fingerprint density at radius 1 is 1.20 bits per heavy atom. The predicted octanol–water partition coefficient (Wildman–Crippen LogP) is 3.66. The molecule has 4 rings (SSSR count). The van der Waals surface area contributed by atoms with Gasteiger partial charge in [0.05, 0.1) is 6.10 Å². The molecule has 1 aromatic carbocycles. The SMILES string of the molecule is OC(CNC1C2C3CCC(C3)C12)c1cc(Cl)ccc1Cl. The van der Waals surface area contributed by atoms with Crippen LogP contribution in [0.1, 0.15) is 30.9 Å². The molecule has 3 aliphatic rings. The quantitative estimate of drug-likeness (QED) is 0.889. The van der Waals surface area contributed by atoms with Gasteiger partial charge >= 0.3 is 0 Å². The zero-order chi connectivity index (χ0) is 13.9. The van der Waals surface area contributed by atoms with Crippen LogP contribution in [0.25, 0.3) is 0 Å². The lowest BCUT2D eigenvalue weighted by molar-refractivity contribution is 0.172. The monoisotopic (exact) mass is 311 g/mol. The van der Waals surface area contributed by atoms with Crippen molar-refractivity contribution in [2.45, 2.75) is 31.4 Å². The van der Waals surface area contributed by atoms with Crippen molar-refractivity contribution in [2.75, 3.05) is 6.54 Å². The van der Waals surface area contributed by atoms with E-state index < -0.39 is 6.10 Å². The first-order chi connectivity index (χ1) is 9.65. The van der Waals surface area contributed by atoms with Gasteiger partial charge in [-0.05, 0) is 61.1 Å². The minimum Gasteiger partial charge on any atom is -0.387 e. The van der Waals surface area contributed by atoms with Crippen molar-refractivity contribution in [3.63, 3.8) is 0 Å². The molecular formula is C16H19Cl2NO. The molecule has 108 valence electrons. The first kappa shape index (κ1) is 13.4. The molecule has 3 saturated carbocycles. The summed E-state index contributed by atoms with van der Waals surface area (Å²) in [6.45, 7) is 0.567. The maximum Gasteiger partial charge on any atom is 0.0929 e. The van der Waals surface area contributed by atoms with Gasteiger partial charge in [0.25, 0.3) is 0 Å². The highest BCUT2D eigenvalue weighted by Crippen LogP contribution is 2.65. The van der Waals surface area contributed by atoms with Gasteiger partial charge in [0.15, 0.2) is 0 Å². The number of hydrogen-bond acceptors (Lipinski definition) is 2. The van der Waals surface area contributed by atoms with Crippen molar-refractivity contribution >= 4 is 23.2 Å². The first-order valence-corrected chi connectivity index (χ1v) is 8.27. The fourth-order valence-electron chi connectivity index (χ4n) is 4.73. The molecule has 0 saturated heterocycles. The Labute approximate surface area is 129 Å². The summed E-state index contributed by atoms with van der Waals surface area (Å²) in [5, 5.41) is 15.1. The highest BCUT2D eigenvalue weighted by Gasteiger charge is 2.64. The van der Waals surface area contributed by atoms with E-state index in [2.05, 4.69) is 5.32 Å². The number of aliphatic hydroxyl groups is 1. The highest BCUT2D eigenvalue weighted by atomic mass is 35.5. The number of rotatable bonds is 4. The van der Waals surface area contributed by atoms with Crippen LogP contribution in [-0.2, 0) is 0 Å². The van der Waals surface area contributed by atoms with Crippen LogP contribution in [0, 0.1) is 23.7 Å². The van der Waals surface area contributed by atoms with E-state index in [0.29, 0.717) is 22.6 Å². The van der Waals surface area contributed by atoms with Crippen LogP contribution in [-0.4, -0.2) is 17.7 Å². The van der Waals surface area contributed by atoms with E-state index in [1.54, 1.807) is 18.2 Å². The van der Waals surface area contributed by atoms with Crippen molar-refractivity contribution < 1.29 is 5.11 Å². The lowest BCUT2D eigenvalue weighted by Gasteiger charge is -2.16. The van der Waals surface area contributed by atoms with Crippen LogP contribution in [0.4, 0.5) is 0 Å². The summed E-state index contributed by atoms with van der Waals surface area (Å²) in [4.78, 5) is 0. The van der Waals surface area contributed by atoms with Gasteiger partial charge in [-0.25, -0.2) is 0 Å². The molecule has 5 unspecified atom stereocenters. The Bertz CT molecular complexity index is 519. The third kappa shape index (κ3) is 2.09. The Balaban J connectivity index is 1.37. The van der Waals surface area contributed by atoms with Gasteiger partial charge in [-0.15, -0.1) is 0 Å². The van der Waals surface area contributed by atoms with Crippen LogP contribution in [0.3, 0.4) is 0 Å². The van der Waals surface area contributed by atoms with Crippen molar-refractivity contribution in [3.05, 3.63) is 33.8 Å². The summed E-state index contributed by atoms with van der Waals surface area (Å²) in [7, 11) is 0. The lowest BCUT2D eigenvalue weighted by atomic mass is 10.0. The number of fused-ring (bicyclic) bond motifs is 5. The van der Waals surface area contributed by atoms with E-state index in [-0.39, 0.29) is 0 Å². The number of benzene rings is 1. The summed E-state index contributed by atoms with van der Waals surface area (Å²) in [5.41, 5.74) is 0.723. The van der Waals surface area contributed by atoms with E-state index in [0.717, 1.165) is 29.2 Å². The van der Waals surface area contributed by atoms with Crippen LogP contribution in [0.2, 0.25) is 10.0 Å². The summed E-state index contributed by atoms with van der Waals surface area (Å²) < 4.78 is 0. The van der Waals surface area contributed by atoms with Gasteiger partial charge in [0.1, 0.15) is 0 Å². The summed E-state index contributed by atoms with van der Waals surface area (Å²) in [5.74, 6) is 3.68. The Hall–Kier alpha value is -0.280.